The molecule has 0 saturated heterocycles. The van der Waals surface area contributed by atoms with Gasteiger partial charge in [0.1, 0.15) is 5.69 Å². The van der Waals surface area contributed by atoms with Crippen molar-refractivity contribution in [3.8, 4) is 16.9 Å². The van der Waals surface area contributed by atoms with Gasteiger partial charge in [-0.05, 0) is 28.1 Å². The zero-order valence-electron chi connectivity index (χ0n) is 11.7. The predicted molar refractivity (Wildman–Crippen MR) is 86.7 cm³/mol. The molecule has 0 aliphatic heterocycles. The first kappa shape index (κ1) is 14.3. The molecule has 2 amide bonds. The minimum Gasteiger partial charge on any atom is -0.351 e. The molecule has 0 aliphatic rings. The van der Waals surface area contributed by atoms with Crippen LogP contribution in [0.5, 0.6) is 0 Å². The Morgan fingerprint density at radius 1 is 1.32 bits per heavy atom. The molecule has 8 heteroatoms. The molecular weight excluding hydrogens is 348 g/mol. The third-order valence-corrected chi connectivity index (χ3v) is 3.80. The number of anilines is 1. The molecule has 3 N–H and O–H groups in total. The first-order chi connectivity index (χ1) is 10.6. The Morgan fingerprint density at radius 2 is 2.05 bits per heavy atom. The largest absolute Gasteiger partial charge is 0.351 e. The van der Waals surface area contributed by atoms with Crippen LogP contribution in [0.2, 0.25) is 0 Å². The lowest BCUT2D eigenvalue weighted by Gasteiger charge is -2.07. The van der Waals surface area contributed by atoms with Crippen LogP contribution in [0.25, 0.3) is 16.9 Å². The SMILES string of the molecule is Cn1cc(-c2nn(-c3ccccc3)c(NC(N)=O)c2Br)cn1. The summed E-state index contributed by atoms with van der Waals surface area (Å²) in [6, 6.07) is 8.81. The highest BCUT2D eigenvalue weighted by Crippen LogP contribution is 2.35. The third-order valence-electron chi connectivity index (χ3n) is 3.05. The number of hydrogen-bond donors (Lipinski definition) is 2. The molecule has 7 nitrogen and oxygen atoms in total. The summed E-state index contributed by atoms with van der Waals surface area (Å²) >= 11 is 3.48. The summed E-state index contributed by atoms with van der Waals surface area (Å²) in [6.45, 7) is 0. The number of nitrogens with two attached hydrogens (primary N) is 1. The fourth-order valence-electron chi connectivity index (χ4n) is 2.11. The maximum Gasteiger partial charge on any atom is 0.317 e. The van der Waals surface area contributed by atoms with E-state index in [4.69, 9.17) is 5.73 Å². The maximum absolute atomic E-state index is 11.3. The molecule has 3 rings (SSSR count). The number of benzene rings is 1. The second kappa shape index (κ2) is 5.64. The van der Waals surface area contributed by atoms with Gasteiger partial charge in [-0.15, -0.1) is 0 Å². The molecule has 0 radical (unpaired) electrons. The molecule has 3 aromatic rings. The van der Waals surface area contributed by atoms with Crippen LogP contribution in [0.1, 0.15) is 0 Å². The smallest absolute Gasteiger partial charge is 0.317 e. The molecule has 112 valence electrons. The van der Waals surface area contributed by atoms with Crippen LogP contribution in [0, 0.1) is 0 Å². The number of aromatic nitrogens is 4. The van der Waals surface area contributed by atoms with Crippen molar-refractivity contribution in [2.75, 3.05) is 5.32 Å². The van der Waals surface area contributed by atoms with E-state index in [2.05, 4.69) is 31.4 Å². The Hall–Kier alpha value is -2.61. The lowest BCUT2D eigenvalue weighted by molar-refractivity contribution is 0.259. The van der Waals surface area contributed by atoms with Crippen molar-refractivity contribution in [3.63, 3.8) is 0 Å². The second-order valence-corrected chi connectivity index (χ2v) is 5.44. The molecule has 0 spiro atoms. The highest BCUT2D eigenvalue weighted by Gasteiger charge is 2.20. The predicted octanol–water partition coefficient (Wildman–Crippen LogP) is 2.53. The number of primary amides is 1. The van der Waals surface area contributed by atoms with Gasteiger partial charge in [-0.25, -0.2) is 9.48 Å². The van der Waals surface area contributed by atoms with Gasteiger partial charge < -0.3 is 5.73 Å². The van der Waals surface area contributed by atoms with Gasteiger partial charge in [0.25, 0.3) is 0 Å². The van der Waals surface area contributed by atoms with E-state index in [-0.39, 0.29) is 0 Å². The molecule has 0 atom stereocenters. The minimum atomic E-state index is -0.657. The van der Waals surface area contributed by atoms with Crippen LogP contribution < -0.4 is 11.1 Å². The molecule has 0 aliphatic carbocycles. The van der Waals surface area contributed by atoms with E-state index in [9.17, 15) is 4.79 Å². The van der Waals surface area contributed by atoms with E-state index >= 15 is 0 Å². The number of nitrogens with zero attached hydrogens (tertiary/aromatic N) is 4. The van der Waals surface area contributed by atoms with Crippen molar-refractivity contribution in [2.45, 2.75) is 0 Å². The Kier molecular flexibility index (Phi) is 3.68. The van der Waals surface area contributed by atoms with Crippen molar-refractivity contribution < 1.29 is 4.79 Å². The number of rotatable bonds is 3. The maximum atomic E-state index is 11.3. The summed E-state index contributed by atoms with van der Waals surface area (Å²) in [7, 11) is 1.83. The molecule has 22 heavy (non-hydrogen) atoms. The average Bonchev–Trinajstić information content (AvgIpc) is 3.05. The molecule has 0 fully saturated rings. The van der Waals surface area contributed by atoms with Gasteiger partial charge in [-0.1, -0.05) is 18.2 Å². The van der Waals surface area contributed by atoms with Crippen molar-refractivity contribution in [2.24, 2.45) is 12.8 Å². The number of carbonyl (C=O) groups excluding carboxylic acids is 1. The van der Waals surface area contributed by atoms with E-state index < -0.39 is 6.03 Å². The van der Waals surface area contributed by atoms with E-state index in [0.717, 1.165) is 11.3 Å². The summed E-state index contributed by atoms with van der Waals surface area (Å²) in [5.74, 6) is 0.470. The van der Waals surface area contributed by atoms with Crippen LogP contribution in [0.4, 0.5) is 10.6 Å². The zero-order chi connectivity index (χ0) is 15.7. The van der Waals surface area contributed by atoms with Crippen molar-refractivity contribution >= 4 is 27.8 Å². The summed E-state index contributed by atoms with van der Waals surface area (Å²) in [6.07, 6.45) is 3.55. The van der Waals surface area contributed by atoms with Gasteiger partial charge in [0.2, 0.25) is 0 Å². The summed E-state index contributed by atoms with van der Waals surface area (Å²) in [5.41, 5.74) is 7.57. The quantitative estimate of drug-likeness (QED) is 0.751. The van der Waals surface area contributed by atoms with Crippen LogP contribution in [-0.2, 0) is 7.05 Å². The van der Waals surface area contributed by atoms with Gasteiger partial charge >= 0.3 is 6.03 Å². The number of halogens is 1. The zero-order valence-corrected chi connectivity index (χ0v) is 13.3. The molecule has 1 aromatic carbocycles. The van der Waals surface area contributed by atoms with E-state index in [1.165, 1.54) is 0 Å². The number of hydrogen-bond acceptors (Lipinski definition) is 3. The number of aryl methyl sites for hydroxylation is 1. The van der Waals surface area contributed by atoms with Crippen LogP contribution in [0.3, 0.4) is 0 Å². The minimum absolute atomic E-state index is 0.470. The normalized spacial score (nSPS) is 10.6. The van der Waals surface area contributed by atoms with Crippen molar-refractivity contribution in [1.82, 2.24) is 19.6 Å². The van der Waals surface area contributed by atoms with Crippen molar-refractivity contribution in [1.29, 1.82) is 0 Å². The molecule has 2 heterocycles. The highest BCUT2D eigenvalue weighted by atomic mass is 79.9. The van der Waals surface area contributed by atoms with Gasteiger partial charge in [0.15, 0.2) is 5.82 Å². The lowest BCUT2D eigenvalue weighted by atomic mass is 10.2. The van der Waals surface area contributed by atoms with Crippen LogP contribution in [0.15, 0.2) is 47.2 Å². The van der Waals surface area contributed by atoms with Gasteiger partial charge in [0.05, 0.1) is 16.4 Å². The molecular formula is C14H13BrN6O. The Morgan fingerprint density at radius 3 is 2.64 bits per heavy atom. The van der Waals surface area contributed by atoms with Gasteiger partial charge in [-0.2, -0.15) is 10.2 Å². The third kappa shape index (κ3) is 2.60. The van der Waals surface area contributed by atoms with E-state index in [0.29, 0.717) is 16.0 Å². The summed E-state index contributed by atoms with van der Waals surface area (Å²) < 4.78 is 3.95. The molecule has 2 aromatic heterocycles. The molecule has 0 unspecified atom stereocenters. The van der Waals surface area contributed by atoms with E-state index in [1.807, 2.05) is 43.6 Å². The Labute approximate surface area is 134 Å². The Balaban J connectivity index is 2.18. The van der Waals surface area contributed by atoms with Gasteiger partial charge in [-0.3, -0.25) is 10.00 Å². The summed E-state index contributed by atoms with van der Waals surface area (Å²) in [5, 5.41) is 11.3. The fraction of sp³-hybridized carbons (Fsp3) is 0.0714. The monoisotopic (exact) mass is 360 g/mol. The second-order valence-electron chi connectivity index (χ2n) is 4.65. The number of amides is 2. The average molecular weight is 361 g/mol. The number of para-hydroxylation sites is 1. The number of carbonyl (C=O) groups is 1. The van der Waals surface area contributed by atoms with Gasteiger partial charge in [0, 0.05) is 18.8 Å². The van der Waals surface area contributed by atoms with E-state index in [1.54, 1.807) is 15.6 Å². The van der Waals surface area contributed by atoms with Crippen molar-refractivity contribution in [3.05, 3.63) is 47.2 Å². The molecule has 0 saturated carbocycles. The standard InChI is InChI=1S/C14H13BrN6O/c1-20-8-9(7-17-20)12-11(15)13(18-14(16)22)21(19-12)10-5-3-2-4-6-10/h2-8H,1H3,(H3,16,18,22). The Bertz CT molecular complexity index is 823. The summed E-state index contributed by atoms with van der Waals surface area (Å²) in [4.78, 5) is 11.3. The lowest BCUT2D eigenvalue weighted by Crippen LogP contribution is -2.21. The number of urea groups is 1. The van der Waals surface area contributed by atoms with Crippen LogP contribution in [-0.4, -0.2) is 25.6 Å². The highest BCUT2D eigenvalue weighted by molar-refractivity contribution is 9.10. The fourth-order valence-corrected chi connectivity index (χ4v) is 2.68. The first-order valence-electron chi connectivity index (χ1n) is 6.45. The van der Waals surface area contributed by atoms with Crippen LogP contribution >= 0.6 is 15.9 Å². The topological polar surface area (TPSA) is 90.8 Å². The first-order valence-corrected chi connectivity index (χ1v) is 7.25. The molecule has 0 bridgehead atoms. The number of nitrogens with one attached hydrogen (secondary N) is 1.